The van der Waals surface area contributed by atoms with E-state index in [1.165, 1.54) is 30.4 Å². The van der Waals surface area contributed by atoms with E-state index in [1.807, 2.05) is 18.2 Å². The van der Waals surface area contributed by atoms with Gasteiger partial charge in [-0.15, -0.1) is 0 Å². The molecule has 3 aliphatic rings. The molecule has 1 heterocycles. The molecule has 2 bridgehead atoms. The van der Waals surface area contributed by atoms with Crippen LogP contribution in [0.1, 0.15) is 49.3 Å². The quantitative estimate of drug-likeness (QED) is 0.757. The molecule has 2 aromatic rings. The second-order valence-corrected chi connectivity index (χ2v) is 9.44. The van der Waals surface area contributed by atoms with E-state index in [9.17, 15) is 4.79 Å². The van der Waals surface area contributed by atoms with Crippen molar-refractivity contribution in [3.05, 3.63) is 65.2 Å². The molecule has 2 aliphatic carbocycles. The molecule has 0 aromatic heterocycles. The van der Waals surface area contributed by atoms with E-state index in [4.69, 9.17) is 4.74 Å². The topological polar surface area (TPSA) is 29.5 Å². The van der Waals surface area contributed by atoms with Crippen LogP contribution in [0.25, 0.3) is 0 Å². The van der Waals surface area contributed by atoms with E-state index in [1.54, 1.807) is 7.11 Å². The third-order valence-electron chi connectivity index (χ3n) is 7.86. The van der Waals surface area contributed by atoms with Crippen LogP contribution in [0.4, 0.5) is 0 Å². The van der Waals surface area contributed by atoms with Gasteiger partial charge in [0.1, 0.15) is 5.75 Å². The van der Waals surface area contributed by atoms with Crippen LogP contribution >= 0.6 is 0 Å². The summed E-state index contributed by atoms with van der Waals surface area (Å²) < 4.78 is 5.58. The first-order chi connectivity index (χ1) is 14.1. The molecule has 0 unspecified atom stereocenters. The van der Waals surface area contributed by atoms with Crippen molar-refractivity contribution in [2.45, 2.75) is 56.9 Å². The highest BCUT2D eigenvalue weighted by Crippen LogP contribution is 2.57. The summed E-state index contributed by atoms with van der Waals surface area (Å²) in [6.45, 7) is 3.29. The fraction of sp³-hybridized carbons (Fsp3) is 0.500. The van der Waals surface area contributed by atoms with Gasteiger partial charge < -0.3 is 9.64 Å². The fourth-order valence-corrected chi connectivity index (χ4v) is 6.59. The van der Waals surface area contributed by atoms with Crippen LogP contribution in [0.15, 0.2) is 48.5 Å². The van der Waals surface area contributed by atoms with Crippen molar-refractivity contribution in [2.75, 3.05) is 13.7 Å². The normalized spacial score (nSPS) is 30.3. The van der Waals surface area contributed by atoms with Crippen molar-refractivity contribution in [1.82, 2.24) is 4.90 Å². The van der Waals surface area contributed by atoms with Gasteiger partial charge in [-0.1, -0.05) is 49.7 Å². The van der Waals surface area contributed by atoms with Gasteiger partial charge >= 0.3 is 0 Å². The highest BCUT2D eigenvalue weighted by atomic mass is 16.5. The number of benzene rings is 2. The minimum absolute atomic E-state index is 0.216. The van der Waals surface area contributed by atoms with Gasteiger partial charge in [-0.3, -0.25) is 4.79 Å². The molecule has 29 heavy (non-hydrogen) atoms. The van der Waals surface area contributed by atoms with Gasteiger partial charge in [0, 0.05) is 18.0 Å². The smallest absolute Gasteiger partial charge is 0.227 e. The third-order valence-corrected chi connectivity index (χ3v) is 7.86. The lowest BCUT2D eigenvalue weighted by Gasteiger charge is -2.60. The molecule has 2 fully saturated rings. The molecule has 1 saturated heterocycles. The molecular formula is C26H31NO2. The van der Waals surface area contributed by atoms with Crippen molar-refractivity contribution in [3.8, 4) is 5.75 Å². The maximum absolute atomic E-state index is 13.3. The number of methoxy groups -OCH3 is 1. The number of carbonyl (C=O) groups excluding carboxylic acids is 1. The molecule has 4 atom stereocenters. The summed E-state index contributed by atoms with van der Waals surface area (Å²) in [5, 5.41) is 0. The van der Waals surface area contributed by atoms with Crippen LogP contribution in [0.3, 0.4) is 0 Å². The molecule has 3 heteroatoms. The Morgan fingerprint density at radius 1 is 1.17 bits per heavy atom. The maximum Gasteiger partial charge on any atom is 0.227 e. The van der Waals surface area contributed by atoms with Crippen molar-refractivity contribution < 1.29 is 9.53 Å². The number of piperidine rings is 1. The first-order valence-corrected chi connectivity index (χ1v) is 11.1. The fourth-order valence-electron chi connectivity index (χ4n) is 6.59. The summed E-state index contributed by atoms with van der Waals surface area (Å²) >= 11 is 0. The largest absolute Gasteiger partial charge is 0.497 e. The number of rotatable bonds is 3. The molecule has 1 aliphatic heterocycles. The number of hydrogen-bond donors (Lipinski definition) is 0. The first-order valence-electron chi connectivity index (χ1n) is 11.1. The Bertz CT molecular complexity index is 908. The van der Waals surface area contributed by atoms with E-state index in [0.29, 0.717) is 24.3 Å². The van der Waals surface area contributed by atoms with Crippen LogP contribution in [-0.2, 0) is 23.1 Å². The highest BCUT2D eigenvalue weighted by Gasteiger charge is 2.55. The van der Waals surface area contributed by atoms with Crippen molar-refractivity contribution in [3.63, 3.8) is 0 Å². The molecule has 5 rings (SSSR count). The summed E-state index contributed by atoms with van der Waals surface area (Å²) in [7, 11) is 1.76. The van der Waals surface area contributed by atoms with Gasteiger partial charge in [0.05, 0.1) is 13.5 Å². The zero-order chi connectivity index (χ0) is 20.0. The summed E-state index contributed by atoms with van der Waals surface area (Å²) in [4.78, 5) is 15.6. The molecule has 2 aromatic carbocycles. The van der Waals surface area contributed by atoms with E-state index in [0.717, 1.165) is 36.6 Å². The molecule has 1 saturated carbocycles. The standard InChI is InChI=1S/C26H31NO2/c1-18-8-11-22-24-15-20-9-10-21(29-2)16-23(20)26(22,17-18)12-13-27(24)25(28)14-19-6-4-3-5-7-19/h3-7,9-10,16,18,22,24H,8,11-15,17H2,1-2H3/t18-,22-,24-,26+/m0/s1. The second kappa shape index (κ2) is 7.19. The first kappa shape index (κ1) is 18.7. The van der Waals surface area contributed by atoms with Gasteiger partial charge in [-0.05, 0) is 66.3 Å². The number of amides is 1. The summed E-state index contributed by atoms with van der Waals surface area (Å²) in [6.07, 6.45) is 6.35. The molecule has 3 nitrogen and oxygen atoms in total. The molecular weight excluding hydrogens is 358 g/mol. The van der Waals surface area contributed by atoms with Gasteiger partial charge in [0.15, 0.2) is 0 Å². The maximum atomic E-state index is 13.3. The average molecular weight is 390 g/mol. The lowest BCUT2D eigenvalue weighted by molar-refractivity contribution is -0.140. The number of ether oxygens (including phenoxy) is 1. The monoisotopic (exact) mass is 389 g/mol. The van der Waals surface area contributed by atoms with E-state index in [-0.39, 0.29) is 5.41 Å². The number of hydrogen-bond acceptors (Lipinski definition) is 2. The van der Waals surface area contributed by atoms with E-state index < -0.39 is 0 Å². The number of nitrogens with zero attached hydrogens (tertiary/aromatic N) is 1. The summed E-state index contributed by atoms with van der Waals surface area (Å²) in [5.74, 6) is 2.59. The SMILES string of the molecule is COc1ccc2c(c1)[C@@]13CCN(C(=O)Cc4ccccc4)[C@@H](C2)[C@@H]1CC[C@H](C)C3. The predicted octanol–water partition coefficient (Wildman–Crippen LogP) is 4.77. The van der Waals surface area contributed by atoms with Crippen molar-refractivity contribution in [1.29, 1.82) is 0 Å². The third kappa shape index (κ3) is 3.06. The van der Waals surface area contributed by atoms with Gasteiger partial charge in [0.25, 0.3) is 0 Å². The molecule has 0 N–H and O–H groups in total. The van der Waals surface area contributed by atoms with Crippen molar-refractivity contribution >= 4 is 5.91 Å². The predicted molar refractivity (Wildman–Crippen MR) is 115 cm³/mol. The minimum atomic E-state index is 0.216. The van der Waals surface area contributed by atoms with Gasteiger partial charge in [-0.2, -0.15) is 0 Å². The van der Waals surface area contributed by atoms with Crippen LogP contribution in [-0.4, -0.2) is 30.5 Å². The number of fused-ring (bicyclic) bond motifs is 1. The zero-order valence-electron chi connectivity index (χ0n) is 17.6. The van der Waals surface area contributed by atoms with Crippen LogP contribution in [0.2, 0.25) is 0 Å². The Hall–Kier alpha value is -2.29. The van der Waals surface area contributed by atoms with Gasteiger partial charge in [0.2, 0.25) is 5.91 Å². The summed E-state index contributed by atoms with van der Waals surface area (Å²) in [6, 6.07) is 17.2. The minimum Gasteiger partial charge on any atom is -0.497 e. The van der Waals surface area contributed by atoms with Crippen molar-refractivity contribution in [2.24, 2.45) is 11.8 Å². The average Bonchev–Trinajstić information content (AvgIpc) is 2.74. The Morgan fingerprint density at radius 2 is 2.00 bits per heavy atom. The molecule has 152 valence electrons. The van der Waals surface area contributed by atoms with Crippen LogP contribution < -0.4 is 4.74 Å². The zero-order valence-corrected chi connectivity index (χ0v) is 17.6. The molecule has 0 radical (unpaired) electrons. The lowest BCUT2D eigenvalue weighted by atomic mass is 9.51. The Morgan fingerprint density at radius 3 is 2.79 bits per heavy atom. The number of likely N-dealkylation sites (tertiary alicyclic amines) is 1. The Labute approximate surface area is 174 Å². The number of carbonyl (C=O) groups is 1. The molecule has 1 amide bonds. The Kier molecular flexibility index (Phi) is 4.64. The summed E-state index contributed by atoms with van der Waals surface area (Å²) in [5.41, 5.74) is 4.28. The lowest BCUT2D eigenvalue weighted by Crippen LogP contribution is -2.63. The van der Waals surface area contributed by atoms with Gasteiger partial charge in [-0.25, -0.2) is 0 Å². The highest BCUT2D eigenvalue weighted by molar-refractivity contribution is 5.79. The molecule has 0 spiro atoms. The van der Waals surface area contributed by atoms with Crippen LogP contribution in [0, 0.1) is 11.8 Å². The Balaban J connectivity index is 1.50. The van der Waals surface area contributed by atoms with Crippen LogP contribution in [0.5, 0.6) is 5.75 Å². The second-order valence-electron chi connectivity index (χ2n) is 9.44. The van der Waals surface area contributed by atoms with E-state index >= 15 is 0 Å². The van der Waals surface area contributed by atoms with E-state index in [2.05, 4.69) is 42.2 Å².